The van der Waals surface area contributed by atoms with Gasteiger partial charge < -0.3 is 9.72 Å². The molecule has 0 bridgehead atoms. The second-order valence-electron chi connectivity index (χ2n) is 5.34. The number of pyridine rings is 1. The zero-order valence-electron chi connectivity index (χ0n) is 12.5. The first-order chi connectivity index (χ1) is 11.0. The fourth-order valence-corrected chi connectivity index (χ4v) is 2.60. The number of carbonyl (C=O) groups excluding carboxylic acids is 1. The molecule has 0 saturated carbocycles. The summed E-state index contributed by atoms with van der Waals surface area (Å²) in [5.41, 5.74) is 3.51. The highest BCUT2D eigenvalue weighted by molar-refractivity contribution is 6.42. The summed E-state index contributed by atoms with van der Waals surface area (Å²) < 4.78 is 1.98. The number of fused-ring (bicyclic) bond motifs is 1. The van der Waals surface area contributed by atoms with Crippen molar-refractivity contribution in [1.29, 1.82) is 0 Å². The summed E-state index contributed by atoms with van der Waals surface area (Å²) in [5.74, 6) is -0.178. The smallest absolute Gasteiger partial charge is 0.251 e. The van der Waals surface area contributed by atoms with Crippen LogP contribution in [0.4, 0.5) is 0 Å². The molecule has 0 unspecified atom stereocenters. The minimum atomic E-state index is -0.178. The lowest BCUT2D eigenvalue weighted by Crippen LogP contribution is -2.25. The molecule has 0 fully saturated rings. The first kappa shape index (κ1) is 15.8. The number of hydrogen-bond acceptors (Lipinski definition) is 2. The summed E-state index contributed by atoms with van der Waals surface area (Å²) in [6, 6.07) is 8.88. The van der Waals surface area contributed by atoms with Crippen molar-refractivity contribution in [2.24, 2.45) is 0 Å². The first-order valence-corrected chi connectivity index (χ1v) is 7.96. The van der Waals surface area contributed by atoms with E-state index in [1.807, 2.05) is 35.9 Å². The molecule has 0 saturated heterocycles. The van der Waals surface area contributed by atoms with Crippen LogP contribution in [0.1, 0.15) is 21.6 Å². The van der Waals surface area contributed by atoms with Crippen LogP contribution in [-0.4, -0.2) is 21.8 Å². The number of nitrogens with zero attached hydrogens (tertiary/aromatic N) is 2. The Labute approximate surface area is 144 Å². The van der Waals surface area contributed by atoms with Gasteiger partial charge >= 0.3 is 0 Å². The molecule has 118 valence electrons. The molecule has 2 aromatic heterocycles. The number of nitrogens with one attached hydrogen (secondary N) is 1. The summed E-state index contributed by atoms with van der Waals surface area (Å²) in [5, 5.41) is 3.66. The molecule has 6 heteroatoms. The van der Waals surface area contributed by atoms with Gasteiger partial charge in [-0.05, 0) is 42.8 Å². The SMILES string of the molecule is Cc1ccn2cc(CCNC(=O)c3ccc(Cl)c(Cl)c3)nc2c1. The lowest BCUT2D eigenvalue weighted by molar-refractivity contribution is 0.0954. The third-order valence-electron chi connectivity index (χ3n) is 3.51. The topological polar surface area (TPSA) is 46.4 Å². The highest BCUT2D eigenvalue weighted by Crippen LogP contribution is 2.22. The average molecular weight is 348 g/mol. The van der Waals surface area contributed by atoms with Gasteiger partial charge in [-0.25, -0.2) is 4.98 Å². The maximum Gasteiger partial charge on any atom is 0.251 e. The molecular formula is C17H15Cl2N3O. The summed E-state index contributed by atoms with van der Waals surface area (Å²) in [7, 11) is 0. The Morgan fingerprint density at radius 1 is 1.22 bits per heavy atom. The number of halogens is 2. The molecule has 4 nitrogen and oxygen atoms in total. The van der Waals surface area contributed by atoms with E-state index >= 15 is 0 Å². The zero-order chi connectivity index (χ0) is 16.4. The lowest BCUT2D eigenvalue weighted by atomic mass is 10.2. The van der Waals surface area contributed by atoms with Gasteiger partial charge in [-0.2, -0.15) is 0 Å². The summed E-state index contributed by atoms with van der Waals surface area (Å²) in [4.78, 5) is 16.6. The van der Waals surface area contributed by atoms with Crippen LogP contribution < -0.4 is 5.32 Å². The van der Waals surface area contributed by atoms with Crippen molar-refractivity contribution in [3.63, 3.8) is 0 Å². The van der Waals surface area contributed by atoms with Crippen LogP contribution >= 0.6 is 23.2 Å². The molecule has 0 aliphatic heterocycles. The molecule has 1 N–H and O–H groups in total. The molecular weight excluding hydrogens is 333 g/mol. The maximum atomic E-state index is 12.1. The third-order valence-corrected chi connectivity index (χ3v) is 4.25. The van der Waals surface area contributed by atoms with Crippen molar-refractivity contribution in [1.82, 2.24) is 14.7 Å². The fourth-order valence-electron chi connectivity index (χ4n) is 2.30. The van der Waals surface area contributed by atoms with Gasteiger partial charge in [0.2, 0.25) is 0 Å². The Kier molecular flexibility index (Phi) is 4.55. The Morgan fingerprint density at radius 2 is 2.04 bits per heavy atom. The average Bonchev–Trinajstić information content (AvgIpc) is 2.91. The first-order valence-electron chi connectivity index (χ1n) is 7.20. The molecule has 0 spiro atoms. The molecule has 0 atom stereocenters. The van der Waals surface area contributed by atoms with E-state index in [0.717, 1.165) is 11.3 Å². The molecule has 3 rings (SSSR count). The Hall–Kier alpha value is -2.04. The molecule has 0 aliphatic carbocycles. The van der Waals surface area contributed by atoms with Crippen LogP contribution in [0.2, 0.25) is 10.0 Å². The molecule has 1 aromatic carbocycles. The van der Waals surface area contributed by atoms with Gasteiger partial charge in [0.1, 0.15) is 5.65 Å². The van der Waals surface area contributed by atoms with Gasteiger partial charge in [0, 0.05) is 30.9 Å². The van der Waals surface area contributed by atoms with Crippen molar-refractivity contribution < 1.29 is 4.79 Å². The van der Waals surface area contributed by atoms with Crippen molar-refractivity contribution in [3.8, 4) is 0 Å². The standard InChI is InChI=1S/C17H15Cl2N3O/c1-11-5-7-22-10-13(21-16(22)8-11)4-6-20-17(23)12-2-3-14(18)15(19)9-12/h2-3,5,7-10H,4,6H2,1H3,(H,20,23). The Balaban J connectivity index is 1.61. The molecule has 23 heavy (non-hydrogen) atoms. The maximum absolute atomic E-state index is 12.1. The van der Waals surface area contributed by atoms with Gasteiger partial charge in [0.05, 0.1) is 15.7 Å². The number of hydrogen-bond donors (Lipinski definition) is 1. The number of aryl methyl sites for hydroxylation is 1. The van der Waals surface area contributed by atoms with E-state index < -0.39 is 0 Å². The highest BCUT2D eigenvalue weighted by atomic mass is 35.5. The molecule has 3 aromatic rings. The molecule has 2 heterocycles. The van der Waals surface area contributed by atoms with Crippen LogP contribution in [0.3, 0.4) is 0 Å². The number of benzene rings is 1. The van der Waals surface area contributed by atoms with E-state index in [9.17, 15) is 4.79 Å². The highest BCUT2D eigenvalue weighted by Gasteiger charge is 2.08. The Morgan fingerprint density at radius 3 is 2.83 bits per heavy atom. The van der Waals surface area contributed by atoms with Crippen molar-refractivity contribution in [3.05, 3.63) is 69.6 Å². The van der Waals surface area contributed by atoms with E-state index in [-0.39, 0.29) is 5.91 Å². The quantitative estimate of drug-likeness (QED) is 0.777. The number of carbonyl (C=O) groups is 1. The largest absolute Gasteiger partial charge is 0.352 e. The normalized spacial score (nSPS) is 10.9. The minimum Gasteiger partial charge on any atom is -0.352 e. The molecule has 1 amide bonds. The fraction of sp³-hybridized carbons (Fsp3) is 0.176. The lowest BCUT2D eigenvalue weighted by Gasteiger charge is -2.05. The van der Waals surface area contributed by atoms with Gasteiger partial charge in [0.15, 0.2) is 0 Å². The van der Waals surface area contributed by atoms with Gasteiger partial charge in [-0.3, -0.25) is 4.79 Å². The predicted octanol–water partition coefficient (Wildman–Crippen LogP) is 3.92. The van der Waals surface area contributed by atoms with Crippen LogP contribution in [0.15, 0.2) is 42.7 Å². The van der Waals surface area contributed by atoms with Crippen molar-refractivity contribution >= 4 is 34.8 Å². The van der Waals surface area contributed by atoms with Crippen LogP contribution in [0.5, 0.6) is 0 Å². The second-order valence-corrected chi connectivity index (χ2v) is 6.15. The van der Waals surface area contributed by atoms with E-state index in [1.54, 1.807) is 18.2 Å². The van der Waals surface area contributed by atoms with Gasteiger partial charge in [0.25, 0.3) is 5.91 Å². The predicted molar refractivity (Wildman–Crippen MR) is 92.4 cm³/mol. The number of rotatable bonds is 4. The van der Waals surface area contributed by atoms with E-state index in [2.05, 4.69) is 10.3 Å². The van der Waals surface area contributed by atoms with Crippen LogP contribution in [0, 0.1) is 6.92 Å². The van der Waals surface area contributed by atoms with E-state index in [0.29, 0.717) is 28.6 Å². The third kappa shape index (κ3) is 3.66. The summed E-state index contributed by atoms with van der Waals surface area (Å²) in [6.45, 7) is 2.54. The Bertz CT molecular complexity index is 873. The van der Waals surface area contributed by atoms with Crippen molar-refractivity contribution in [2.45, 2.75) is 13.3 Å². The van der Waals surface area contributed by atoms with E-state index in [4.69, 9.17) is 23.2 Å². The van der Waals surface area contributed by atoms with Crippen LogP contribution in [0.25, 0.3) is 5.65 Å². The van der Waals surface area contributed by atoms with E-state index in [1.165, 1.54) is 5.56 Å². The van der Waals surface area contributed by atoms with Crippen molar-refractivity contribution in [2.75, 3.05) is 6.54 Å². The van der Waals surface area contributed by atoms with Crippen LogP contribution in [-0.2, 0) is 6.42 Å². The minimum absolute atomic E-state index is 0.178. The summed E-state index contributed by atoms with van der Waals surface area (Å²) in [6.07, 6.45) is 4.61. The monoisotopic (exact) mass is 347 g/mol. The van der Waals surface area contributed by atoms with Gasteiger partial charge in [-0.1, -0.05) is 23.2 Å². The second kappa shape index (κ2) is 6.60. The van der Waals surface area contributed by atoms with Gasteiger partial charge in [-0.15, -0.1) is 0 Å². The summed E-state index contributed by atoms with van der Waals surface area (Å²) >= 11 is 11.8. The zero-order valence-corrected chi connectivity index (χ0v) is 14.0. The number of amides is 1. The molecule has 0 aliphatic rings. The molecule has 0 radical (unpaired) electrons. The number of imidazole rings is 1. The number of aromatic nitrogens is 2.